The summed E-state index contributed by atoms with van der Waals surface area (Å²) < 4.78 is 22.0. The van der Waals surface area contributed by atoms with Gasteiger partial charge in [0.05, 0.1) is 23.8 Å². The largest absolute Gasteiger partial charge is 0.479 e. The number of aromatic nitrogens is 3. The predicted octanol–water partition coefficient (Wildman–Crippen LogP) is 4.96. The highest BCUT2D eigenvalue weighted by atomic mass is 19.1. The number of rotatable bonds is 6. The van der Waals surface area contributed by atoms with Gasteiger partial charge in [0.2, 0.25) is 0 Å². The number of aryl methyl sites for hydroxylation is 1. The number of carboxylic acid groups (broad SMARTS) is 1. The van der Waals surface area contributed by atoms with Crippen molar-refractivity contribution in [2.75, 3.05) is 13.7 Å². The van der Waals surface area contributed by atoms with Crippen LogP contribution in [0.2, 0.25) is 0 Å². The van der Waals surface area contributed by atoms with Gasteiger partial charge in [-0.1, -0.05) is 13.8 Å². The van der Waals surface area contributed by atoms with E-state index in [1.54, 1.807) is 26.3 Å². The van der Waals surface area contributed by atoms with E-state index in [1.807, 2.05) is 12.1 Å². The van der Waals surface area contributed by atoms with Crippen LogP contribution in [0.25, 0.3) is 27.5 Å². The fourth-order valence-electron chi connectivity index (χ4n) is 5.76. The number of methoxy groups -OCH3 is 1. The molecule has 5 rings (SSSR count). The van der Waals surface area contributed by atoms with E-state index in [0.29, 0.717) is 18.6 Å². The summed E-state index contributed by atoms with van der Waals surface area (Å²) in [5.74, 6) is -1.64. The van der Waals surface area contributed by atoms with E-state index in [4.69, 9.17) is 4.74 Å². The summed E-state index contributed by atoms with van der Waals surface area (Å²) in [5, 5.41) is 29.6. The molecule has 1 saturated carbocycles. The SMILES string of the molecule is COCC(C)(C)c1c(C2CC[C@@](O)(C(=O)O)C2)c2cc3[nH]ncc3cc2n1-c1ccc(F)c(C)c1. The number of aromatic amines is 1. The molecule has 0 saturated heterocycles. The second-order valence-electron chi connectivity index (χ2n) is 10.5. The molecule has 7 nitrogen and oxygen atoms in total. The number of carbonyl (C=O) groups is 1. The Hall–Kier alpha value is -3.23. The number of hydrogen-bond donors (Lipinski definition) is 3. The molecule has 4 aromatic rings. The fraction of sp³-hybridized carbons (Fsp3) is 0.407. The van der Waals surface area contributed by atoms with Crippen molar-refractivity contribution in [1.29, 1.82) is 0 Å². The Balaban J connectivity index is 1.88. The highest BCUT2D eigenvalue weighted by molar-refractivity contribution is 5.99. The predicted molar refractivity (Wildman–Crippen MR) is 132 cm³/mol. The smallest absolute Gasteiger partial charge is 0.335 e. The van der Waals surface area contributed by atoms with Crippen LogP contribution in [0.1, 0.15) is 55.8 Å². The second kappa shape index (κ2) is 8.17. The van der Waals surface area contributed by atoms with Crippen LogP contribution in [0.3, 0.4) is 0 Å². The summed E-state index contributed by atoms with van der Waals surface area (Å²) in [7, 11) is 1.66. The third-order valence-electron chi connectivity index (χ3n) is 7.41. The number of H-pyrrole nitrogens is 1. The highest BCUT2D eigenvalue weighted by Crippen LogP contribution is 2.49. The molecule has 2 aromatic carbocycles. The zero-order chi connectivity index (χ0) is 25.1. The van der Waals surface area contributed by atoms with E-state index in [-0.39, 0.29) is 24.6 Å². The van der Waals surface area contributed by atoms with Crippen LogP contribution in [0.5, 0.6) is 0 Å². The summed E-state index contributed by atoms with van der Waals surface area (Å²) >= 11 is 0. The molecule has 184 valence electrons. The molecule has 0 amide bonds. The molecule has 0 spiro atoms. The molecule has 0 bridgehead atoms. The molecule has 2 aromatic heterocycles. The maximum Gasteiger partial charge on any atom is 0.335 e. The van der Waals surface area contributed by atoms with Crippen LogP contribution in [0, 0.1) is 12.7 Å². The number of halogens is 1. The lowest BCUT2D eigenvalue weighted by molar-refractivity contribution is -0.157. The summed E-state index contributed by atoms with van der Waals surface area (Å²) in [6.07, 6.45) is 2.62. The number of fused-ring (bicyclic) bond motifs is 2. The number of hydrogen-bond acceptors (Lipinski definition) is 4. The standard InChI is InChI=1S/C27H30FN3O4/c1-15-9-18(5-6-20(15)28)31-22-10-17-13-29-30-21(17)11-19(22)23(24(31)26(2,3)14-35-4)16-7-8-27(34,12-16)25(32)33/h5-6,9-11,13,16,34H,7-8,12,14H2,1-4H3,(H,29,30)(H,32,33)/t16?,27-/m0/s1. The first-order valence-electron chi connectivity index (χ1n) is 11.8. The van der Waals surface area contributed by atoms with Crippen molar-refractivity contribution < 1.29 is 24.1 Å². The summed E-state index contributed by atoms with van der Waals surface area (Å²) in [6, 6.07) is 9.16. The van der Waals surface area contributed by atoms with Crippen molar-refractivity contribution >= 4 is 27.8 Å². The average Bonchev–Trinajstić information content (AvgIpc) is 3.50. The Labute approximate surface area is 202 Å². The molecule has 1 aliphatic rings. The Kier molecular flexibility index (Phi) is 5.49. The quantitative estimate of drug-likeness (QED) is 0.363. The maximum absolute atomic E-state index is 14.2. The van der Waals surface area contributed by atoms with E-state index in [0.717, 1.165) is 38.8 Å². The molecule has 8 heteroatoms. The van der Waals surface area contributed by atoms with Crippen LogP contribution in [-0.2, 0) is 14.9 Å². The molecule has 1 unspecified atom stereocenters. The zero-order valence-corrected chi connectivity index (χ0v) is 20.4. The molecular formula is C27H30FN3O4. The van der Waals surface area contributed by atoms with E-state index in [1.165, 1.54) is 6.07 Å². The number of aliphatic carboxylic acids is 1. The van der Waals surface area contributed by atoms with Crippen molar-refractivity contribution in [3.63, 3.8) is 0 Å². The lowest BCUT2D eigenvalue weighted by Gasteiger charge is -2.30. The van der Waals surface area contributed by atoms with Gasteiger partial charge in [0, 0.05) is 34.7 Å². The molecule has 1 aliphatic carbocycles. The van der Waals surface area contributed by atoms with Crippen molar-refractivity contribution in [1.82, 2.24) is 14.8 Å². The summed E-state index contributed by atoms with van der Waals surface area (Å²) in [5.41, 5.74) is 2.88. The average molecular weight is 480 g/mol. The van der Waals surface area contributed by atoms with Gasteiger partial charge in [-0.25, -0.2) is 9.18 Å². The zero-order valence-electron chi connectivity index (χ0n) is 20.4. The topological polar surface area (TPSA) is 100 Å². The normalized spacial score (nSPS) is 20.8. The minimum atomic E-state index is -1.76. The highest BCUT2D eigenvalue weighted by Gasteiger charge is 2.47. The van der Waals surface area contributed by atoms with E-state index in [9.17, 15) is 19.4 Å². The Bertz CT molecular complexity index is 1450. The van der Waals surface area contributed by atoms with Gasteiger partial charge in [-0.2, -0.15) is 5.10 Å². The third-order valence-corrected chi connectivity index (χ3v) is 7.41. The van der Waals surface area contributed by atoms with Crippen LogP contribution in [-0.4, -0.2) is 50.3 Å². The molecule has 0 aliphatic heterocycles. The van der Waals surface area contributed by atoms with Crippen molar-refractivity contribution in [3.8, 4) is 5.69 Å². The van der Waals surface area contributed by atoms with Crippen molar-refractivity contribution in [3.05, 3.63) is 59.2 Å². The first-order valence-corrected chi connectivity index (χ1v) is 11.8. The third kappa shape index (κ3) is 3.72. The molecule has 35 heavy (non-hydrogen) atoms. The molecule has 1 fully saturated rings. The molecular weight excluding hydrogens is 449 g/mol. The molecule has 2 heterocycles. The molecule has 3 N–H and O–H groups in total. The maximum atomic E-state index is 14.2. The van der Waals surface area contributed by atoms with Crippen LogP contribution in [0.15, 0.2) is 36.5 Å². The lowest BCUT2D eigenvalue weighted by Crippen LogP contribution is -2.35. The Morgan fingerprint density at radius 3 is 2.77 bits per heavy atom. The van der Waals surface area contributed by atoms with E-state index >= 15 is 0 Å². The fourth-order valence-corrected chi connectivity index (χ4v) is 5.76. The van der Waals surface area contributed by atoms with Crippen molar-refractivity contribution in [2.24, 2.45) is 0 Å². The number of nitrogens with one attached hydrogen (secondary N) is 1. The number of nitrogens with zero attached hydrogens (tertiary/aromatic N) is 2. The van der Waals surface area contributed by atoms with Crippen LogP contribution < -0.4 is 0 Å². The van der Waals surface area contributed by atoms with Gasteiger partial charge in [-0.3, -0.25) is 5.10 Å². The van der Waals surface area contributed by atoms with Gasteiger partial charge in [-0.15, -0.1) is 0 Å². The van der Waals surface area contributed by atoms with E-state index < -0.39 is 17.0 Å². The second-order valence-corrected chi connectivity index (χ2v) is 10.5. The van der Waals surface area contributed by atoms with Gasteiger partial charge in [-0.05, 0) is 73.6 Å². The van der Waals surface area contributed by atoms with Gasteiger partial charge >= 0.3 is 5.97 Å². The minimum absolute atomic E-state index is 0.126. The van der Waals surface area contributed by atoms with Gasteiger partial charge in [0.15, 0.2) is 5.60 Å². The van der Waals surface area contributed by atoms with Gasteiger partial charge in [0.1, 0.15) is 5.82 Å². The van der Waals surface area contributed by atoms with Crippen molar-refractivity contribution in [2.45, 2.75) is 57.0 Å². The summed E-state index contributed by atoms with van der Waals surface area (Å²) in [4.78, 5) is 11.9. The Morgan fingerprint density at radius 2 is 2.11 bits per heavy atom. The molecule has 0 radical (unpaired) electrons. The van der Waals surface area contributed by atoms with Crippen LogP contribution in [0.4, 0.5) is 4.39 Å². The lowest BCUT2D eigenvalue weighted by atomic mass is 9.81. The van der Waals surface area contributed by atoms with Gasteiger partial charge in [0.25, 0.3) is 0 Å². The number of ether oxygens (including phenoxy) is 1. The van der Waals surface area contributed by atoms with E-state index in [2.05, 4.69) is 34.7 Å². The first kappa shape index (κ1) is 23.5. The first-order chi connectivity index (χ1) is 16.6. The summed E-state index contributed by atoms with van der Waals surface area (Å²) in [6.45, 7) is 6.34. The molecule has 2 atom stereocenters. The number of aliphatic hydroxyl groups is 1. The van der Waals surface area contributed by atoms with Crippen LogP contribution >= 0.6 is 0 Å². The number of carboxylic acids is 1. The monoisotopic (exact) mass is 479 g/mol. The number of benzene rings is 2. The minimum Gasteiger partial charge on any atom is -0.479 e. The van der Waals surface area contributed by atoms with Gasteiger partial charge < -0.3 is 19.5 Å². The Morgan fingerprint density at radius 1 is 1.34 bits per heavy atom.